The van der Waals surface area contributed by atoms with Crippen molar-refractivity contribution in [1.82, 2.24) is 15.0 Å². The summed E-state index contributed by atoms with van der Waals surface area (Å²) in [5, 5.41) is 8.76. The molecule has 2 heterocycles. The molecule has 0 saturated heterocycles. The van der Waals surface area contributed by atoms with Gasteiger partial charge in [0.25, 0.3) is 0 Å². The topological polar surface area (TPSA) is 62.5 Å². The molecule has 2 aromatic heterocycles. The first-order valence-corrected chi connectivity index (χ1v) is 9.50. The Hall–Kier alpha value is -3.33. The average Bonchev–Trinajstić information content (AvgIpc) is 2.81. The van der Waals surface area contributed by atoms with Crippen molar-refractivity contribution >= 4 is 0 Å². The number of rotatable bonds is 3. The number of hydrogen-bond donors (Lipinski definition) is 0. The van der Waals surface area contributed by atoms with Crippen LogP contribution in [0.2, 0.25) is 0 Å². The van der Waals surface area contributed by atoms with Crippen molar-refractivity contribution in [1.29, 1.82) is 5.26 Å². The van der Waals surface area contributed by atoms with Crippen molar-refractivity contribution in [3.8, 4) is 28.7 Å². The average molecular weight is 605 g/mol. The molecular formula is C25H18F2IrN4-2. The Morgan fingerprint density at radius 3 is 2.22 bits per heavy atom. The van der Waals surface area contributed by atoms with Crippen LogP contribution in [0.3, 0.4) is 0 Å². The summed E-state index contributed by atoms with van der Waals surface area (Å²) in [4.78, 5) is 12.5. The van der Waals surface area contributed by atoms with E-state index >= 15 is 0 Å². The number of pyridine rings is 1. The van der Waals surface area contributed by atoms with Crippen LogP contribution in [0.4, 0.5) is 8.78 Å². The van der Waals surface area contributed by atoms with Crippen molar-refractivity contribution in [2.24, 2.45) is 0 Å². The van der Waals surface area contributed by atoms with Crippen molar-refractivity contribution in [3.05, 3.63) is 102 Å². The molecule has 0 aliphatic heterocycles. The van der Waals surface area contributed by atoms with E-state index in [1.54, 1.807) is 30.7 Å². The monoisotopic (exact) mass is 605 g/mol. The van der Waals surface area contributed by atoms with Gasteiger partial charge in [-0.15, -0.1) is 53.6 Å². The number of halogens is 2. The zero-order valence-electron chi connectivity index (χ0n) is 17.3. The third kappa shape index (κ3) is 6.58. The van der Waals surface area contributed by atoms with E-state index in [-0.39, 0.29) is 31.5 Å². The summed E-state index contributed by atoms with van der Waals surface area (Å²) in [6, 6.07) is 19.8. The summed E-state index contributed by atoms with van der Waals surface area (Å²) in [6.07, 6.45) is 5.17. The van der Waals surface area contributed by atoms with Gasteiger partial charge < -0.3 is 4.98 Å². The molecule has 0 amide bonds. The zero-order valence-corrected chi connectivity index (χ0v) is 19.7. The van der Waals surface area contributed by atoms with E-state index in [0.717, 1.165) is 22.9 Å². The first kappa shape index (κ1) is 24.9. The van der Waals surface area contributed by atoms with Crippen LogP contribution < -0.4 is 0 Å². The van der Waals surface area contributed by atoms with Gasteiger partial charge in [-0.2, -0.15) is 5.26 Å². The smallest absolute Gasteiger partial charge is 0.0818 e. The molecule has 0 aliphatic rings. The van der Waals surface area contributed by atoms with E-state index < -0.39 is 5.82 Å². The minimum absolute atomic E-state index is 0. The van der Waals surface area contributed by atoms with Crippen molar-refractivity contribution in [2.75, 3.05) is 0 Å². The van der Waals surface area contributed by atoms with Crippen LogP contribution in [0.25, 0.3) is 22.6 Å². The molecule has 0 saturated carbocycles. The van der Waals surface area contributed by atoms with Gasteiger partial charge in [0.1, 0.15) is 0 Å². The van der Waals surface area contributed by atoms with Crippen LogP contribution in [-0.4, -0.2) is 15.0 Å². The van der Waals surface area contributed by atoms with E-state index in [0.29, 0.717) is 17.3 Å². The third-order valence-electron chi connectivity index (χ3n) is 4.32. The quantitative estimate of drug-likeness (QED) is 0.279. The summed E-state index contributed by atoms with van der Waals surface area (Å²) in [7, 11) is 0. The second kappa shape index (κ2) is 11.9. The molecule has 0 bridgehead atoms. The summed E-state index contributed by atoms with van der Waals surface area (Å²) < 4.78 is 25.7. The van der Waals surface area contributed by atoms with Gasteiger partial charge in [0.2, 0.25) is 0 Å². The van der Waals surface area contributed by atoms with Gasteiger partial charge in [0, 0.05) is 50.1 Å². The third-order valence-corrected chi connectivity index (χ3v) is 4.32. The molecule has 2 aromatic carbocycles. The maximum atomic E-state index is 13.2. The molecule has 0 unspecified atom stereocenters. The molecule has 1 radical (unpaired) electrons. The first-order chi connectivity index (χ1) is 15.0. The molecule has 0 atom stereocenters. The second-order valence-corrected chi connectivity index (χ2v) is 6.85. The maximum Gasteiger partial charge on any atom is 0.0818 e. The first-order valence-electron chi connectivity index (χ1n) is 9.50. The van der Waals surface area contributed by atoms with E-state index in [2.05, 4.69) is 40.9 Å². The number of hydrogen-bond acceptors (Lipinski definition) is 4. The molecule has 4 aromatic rings. The van der Waals surface area contributed by atoms with Gasteiger partial charge in [0.15, 0.2) is 0 Å². The van der Waals surface area contributed by atoms with Gasteiger partial charge in [-0.05, 0) is 23.2 Å². The minimum Gasteiger partial charge on any atom is -0.305 e. The molecule has 32 heavy (non-hydrogen) atoms. The molecule has 4 nitrogen and oxygen atoms in total. The summed E-state index contributed by atoms with van der Waals surface area (Å²) in [5.41, 5.74) is 3.13. The van der Waals surface area contributed by atoms with Crippen molar-refractivity contribution < 1.29 is 28.9 Å². The van der Waals surface area contributed by atoms with E-state index in [4.69, 9.17) is 5.26 Å². The fraction of sp³-hybridized carbons (Fsp3) is 0.120. The van der Waals surface area contributed by atoms with Gasteiger partial charge in [-0.25, -0.2) is 0 Å². The fourth-order valence-electron chi connectivity index (χ4n) is 2.55. The van der Waals surface area contributed by atoms with E-state index in [9.17, 15) is 8.78 Å². The Balaban J connectivity index is 0.000000230. The number of benzene rings is 2. The molecule has 0 N–H and O–H groups in total. The normalized spacial score (nSPS) is 9.88. The predicted molar refractivity (Wildman–Crippen MR) is 114 cm³/mol. The largest absolute Gasteiger partial charge is 0.305 e. The SMILES string of the molecule is CC(C)c1cnc(-c2[c-]cc(F)c(C#N)c2)nc1.Fc1c[c-]c(-c2ccccn2)cc1.[Ir]. The van der Waals surface area contributed by atoms with Gasteiger partial charge >= 0.3 is 0 Å². The van der Waals surface area contributed by atoms with Gasteiger partial charge in [-0.1, -0.05) is 26.0 Å². The zero-order chi connectivity index (χ0) is 22.2. The Bertz CT molecular complexity index is 1170. The van der Waals surface area contributed by atoms with Crippen molar-refractivity contribution in [2.45, 2.75) is 19.8 Å². The molecule has 163 valence electrons. The molecule has 4 rings (SSSR count). The number of nitriles is 1. The number of aromatic nitrogens is 3. The van der Waals surface area contributed by atoms with E-state index in [1.165, 1.54) is 18.2 Å². The minimum atomic E-state index is -0.583. The van der Waals surface area contributed by atoms with Gasteiger partial charge in [0.05, 0.1) is 17.7 Å². The van der Waals surface area contributed by atoms with Crippen LogP contribution in [0.5, 0.6) is 0 Å². The van der Waals surface area contributed by atoms with Crippen molar-refractivity contribution in [3.63, 3.8) is 0 Å². The van der Waals surface area contributed by atoms with Crippen LogP contribution in [-0.2, 0) is 20.1 Å². The Labute approximate surface area is 199 Å². The second-order valence-electron chi connectivity index (χ2n) is 6.85. The Morgan fingerprint density at radius 1 is 0.938 bits per heavy atom. The summed E-state index contributed by atoms with van der Waals surface area (Å²) in [5.74, 6) is -0.0680. The molecule has 7 heteroatoms. The molecule has 0 aliphatic carbocycles. The van der Waals surface area contributed by atoms with Crippen LogP contribution >= 0.6 is 0 Å². The predicted octanol–water partition coefficient (Wildman–Crippen LogP) is 5.76. The van der Waals surface area contributed by atoms with Crippen LogP contribution in [0.1, 0.15) is 30.9 Å². The molecule has 0 spiro atoms. The standard InChI is InChI=1S/C14H11FN3.C11H7FN.Ir/c1-9(2)12-7-17-14(18-8-12)10-3-4-13(15)11(5-10)6-16;12-10-6-4-9(5-7-10)11-3-1-2-8-13-11;/h4-5,7-9H,1-2H3;1-4,6-8H;/q2*-1;. The Kier molecular flexibility index (Phi) is 9.27. The summed E-state index contributed by atoms with van der Waals surface area (Å²) in [6.45, 7) is 4.10. The van der Waals surface area contributed by atoms with E-state index in [1.807, 2.05) is 18.2 Å². The fourth-order valence-corrected chi connectivity index (χ4v) is 2.55. The Morgan fingerprint density at radius 2 is 1.66 bits per heavy atom. The van der Waals surface area contributed by atoms with Crippen LogP contribution in [0, 0.1) is 35.1 Å². The summed E-state index contributed by atoms with van der Waals surface area (Å²) >= 11 is 0. The maximum absolute atomic E-state index is 13.2. The number of nitrogens with zero attached hydrogens (tertiary/aromatic N) is 4. The van der Waals surface area contributed by atoms with Gasteiger partial charge in [-0.3, -0.25) is 18.7 Å². The molecular weight excluding hydrogens is 587 g/mol. The molecule has 0 fully saturated rings. The van der Waals surface area contributed by atoms with Crippen LogP contribution in [0.15, 0.2) is 67.1 Å².